The first kappa shape index (κ1) is 12.3. The molecule has 5 aromatic rings. The number of nitrogens with zero attached hydrogens (tertiary/aromatic N) is 2. The lowest BCUT2D eigenvalue weighted by molar-refractivity contribution is 1.17. The predicted octanol–water partition coefficient (Wildman–Crippen LogP) is 5.73. The van der Waals surface area contributed by atoms with Crippen molar-refractivity contribution in [2.24, 2.45) is 0 Å². The molecule has 0 atom stereocenters. The Morgan fingerprint density at radius 1 is 0.773 bits per heavy atom. The first-order valence-corrected chi connectivity index (χ1v) is 8.68. The van der Waals surface area contributed by atoms with Crippen LogP contribution in [0.15, 0.2) is 60.5 Å². The lowest BCUT2D eigenvalue weighted by Crippen LogP contribution is -1.77. The highest BCUT2D eigenvalue weighted by Crippen LogP contribution is 2.40. The molecule has 0 amide bonds. The second-order valence-electron chi connectivity index (χ2n) is 5.22. The van der Waals surface area contributed by atoms with Gasteiger partial charge < -0.3 is 0 Å². The molecule has 22 heavy (non-hydrogen) atoms. The fourth-order valence-electron chi connectivity index (χ4n) is 2.90. The van der Waals surface area contributed by atoms with Crippen LogP contribution in [0, 0.1) is 0 Å². The Hall–Kier alpha value is -2.30. The second-order valence-corrected chi connectivity index (χ2v) is 7.19. The minimum absolute atomic E-state index is 1.08. The number of fused-ring (bicyclic) bond motifs is 5. The normalized spacial score (nSPS) is 11.6. The summed E-state index contributed by atoms with van der Waals surface area (Å²) in [6.45, 7) is 0. The van der Waals surface area contributed by atoms with E-state index in [1.165, 1.54) is 35.8 Å². The maximum atomic E-state index is 4.12. The Labute approximate surface area is 134 Å². The van der Waals surface area contributed by atoms with E-state index in [9.17, 15) is 0 Å². The zero-order valence-electron chi connectivity index (χ0n) is 11.5. The molecule has 3 heterocycles. The fourth-order valence-corrected chi connectivity index (χ4v) is 4.99. The van der Waals surface area contributed by atoms with Gasteiger partial charge in [0.25, 0.3) is 0 Å². The molecule has 4 heteroatoms. The van der Waals surface area contributed by atoms with E-state index in [4.69, 9.17) is 0 Å². The average molecular weight is 318 g/mol. The van der Waals surface area contributed by atoms with Crippen molar-refractivity contribution in [1.29, 1.82) is 0 Å². The van der Waals surface area contributed by atoms with E-state index in [1.54, 1.807) is 6.33 Å². The van der Waals surface area contributed by atoms with Gasteiger partial charge in [0.05, 0.1) is 0 Å². The Balaban J connectivity index is 1.87. The molecule has 0 N–H and O–H groups in total. The summed E-state index contributed by atoms with van der Waals surface area (Å²) >= 11 is 3.63. The van der Waals surface area contributed by atoms with E-state index in [0.29, 0.717) is 0 Å². The van der Waals surface area contributed by atoms with Crippen LogP contribution in [0.4, 0.5) is 0 Å². The van der Waals surface area contributed by atoms with Crippen LogP contribution in [-0.4, -0.2) is 9.97 Å². The molecule has 0 fully saturated rings. The molecule has 5 rings (SSSR count). The third kappa shape index (κ3) is 1.71. The molecule has 0 radical (unpaired) electrons. The van der Waals surface area contributed by atoms with Crippen LogP contribution in [-0.2, 0) is 0 Å². The van der Waals surface area contributed by atoms with Crippen LogP contribution in [0.3, 0.4) is 0 Å². The molecule has 0 aliphatic rings. The lowest BCUT2D eigenvalue weighted by Gasteiger charge is -2.00. The van der Waals surface area contributed by atoms with Crippen molar-refractivity contribution in [3.05, 3.63) is 60.5 Å². The number of benzene rings is 2. The summed E-state index contributed by atoms with van der Waals surface area (Å²) in [6, 6.07) is 13.4. The Bertz CT molecular complexity index is 1120. The minimum Gasteiger partial charge on any atom is -0.244 e. The molecule has 2 nitrogen and oxygen atoms in total. The van der Waals surface area contributed by atoms with Crippen molar-refractivity contribution in [1.82, 2.24) is 9.97 Å². The molecule has 0 unspecified atom stereocenters. The number of thiophene rings is 2. The predicted molar refractivity (Wildman–Crippen MR) is 95.7 cm³/mol. The van der Waals surface area contributed by atoms with Gasteiger partial charge in [-0.05, 0) is 28.3 Å². The zero-order chi connectivity index (χ0) is 14.5. The molecule has 0 saturated heterocycles. The summed E-state index contributed by atoms with van der Waals surface area (Å²) in [6.07, 6.45) is 5.31. The van der Waals surface area contributed by atoms with Crippen molar-refractivity contribution in [2.75, 3.05) is 0 Å². The monoisotopic (exact) mass is 318 g/mol. The molecular weight excluding hydrogens is 308 g/mol. The molecule has 2 aromatic carbocycles. The number of rotatable bonds is 1. The van der Waals surface area contributed by atoms with E-state index in [1.807, 2.05) is 35.1 Å². The Morgan fingerprint density at radius 3 is 2.41 bits per heavy atom. The van der Waals surface area contributed by atoms with E-state index in [2.05, 4.69) is 51.7 Å². The smallest absolute Gasteiger partial charge is 0.115 e. The van der Waals surface area contributed by atoms with E-state index in [-0.39, 0.29) is 0 Å². The van der Waals surface area contributed by atoms with Gasteiger partial charge in [-0.1, -0.05) is 24.3 Å². The lowest BCUT2D eigenvalue weighted by atomic mass is 10.1. The van der Waals surface area contributed by atoms with Gasteiger partial charge in [-0.25, -0.2) is 9.97 Å². The average Bonchev–Trinajstić information content (AvgIpc) is 3.21. The summed E-state index contributed by atoms with van der Waals surface area (Å²) in [4.78, 5) is 9.47. The SMILES string of the molecule is c1ncc(-c2cc3ccc4c(ccc5ccsc54)c3s2)cn1. The van der Waals surface area contributed by atoms with Gasteiger partial charge in [-0.15, -0.1) is 22.7 Å². The van der Waals surface area contributed by atoms with Crippen LogP contribution in [0.5, 0.6) is 0 Å². The third-order valence-electron chi connectivity index (χ3n) is 3.94. The quantitative estimate of drug-likeness (QED) is 0.394. The maximum absolute atomic E-state index is 4.12. The third-order valence-corrected chi connectivity index (χ3v) is 6.14. The number of aromatic nitrogens is 2. The van der Waals surface area contributed by atoms with Crippen LogP contribution in [0.2, 0.25) is 0 Å². The largest absolute Gasteiger partial charge is 0.244 e. The maximum Gasteiger partial charge on any atom is 0.115 e. The van der Waals surface area contributed by atoms with E-state index >= 15 is 0 Å². The second kappa shape index (κ2) is 4.60. The Morgan fingerprint density at radius 2 is 1.55 bits per heavy atom. The van der Waals surface area contributed by atoms with Gasteiger partial charge >= 0.3 is 0 Å². The molecule has 0 aliphatic carbocycles. The van der Waals surface area contributed by atoms with Gasteiger partial charge in [-0.3, -0.25) is 0 Å². The Kier molecular flexibility index (Phi) is 2.56. The zero-order valence-corrected chi connectivity index (χ0v) is 13.1. The summed E-state index contributed by atoms with van der Waals surface area (Å²) in [5.41, 5.74) is 1.08. The van der Waals surface area contributed by atoms with Gasteiger partial charge in [0.15, 0.2) is 0 Å². The van der Waals surface area contributed by atoms with Gasteiger partial charge in [0.2, 0.25) is 0 Å². The summed E-state index contributed by atoms with van der Waals surface area (Å²) in [5, 5.41) is 7.45. The molecule has 0 bridgehead atoms. The van der Waals surface area contributed by atoms with Crippen molar-refractivity contribution in [2.45, 2.75) is 0 Å². The van der Waals surface area contributed by atoms with E-state index < -0.39 is 0 Å². The highest BCUT2D eigenvalue weighted by Gasteiger charge is 2.10. The van der Waals surface area contributed by atoms with Crippen LogP contribution >= 0.6 is 22.7 Å². The molecule has 0 spiro atoms. The van der Waals surface area contributed by atoms with Gasteiger partial charge in [0, 0.05) is 43.0 Å². The molecule has 0 saturated carbocycles. The number of hydrogen-bond donors (Lipinski definition) is 0. The van der Waals surface area contributed by atoms with Crippen LogP contribution < -0.4 is 0 Å². The highest BCUT2D eigenvalue weighted by molar-refractivity contribution is 7.23. The summed E-state index contributed by atoms with van der Waals surface area (Å²) in [7, 11) is 0. The minimum atomic E-state index is 1.08. The van der Waals surface area contributed by atoms with Crippen molar-refractivity contribution in [3.8, 4) is 10.4 Å². The fraction of sp³-hybridized carbons (Fsp3) is 0. The van der Waals surface area contributed by atoms with E-state index in [0.717, 1.165) is 5.56 Å². The van der Waals surface area contributed by atoms with Crippen LogP contribution in [0.1, 0.15) is 0 Å². The first-order valence-electron chi connectivity index (χ1n) is 6.98. The van der Waals surface area contributed by atoms with Gasteiger partial charge in [0.1, 0.15) is 6.33 Å². The molecule has 104 valence electrons. The van der Waals surface area contributed by atoms with Crippen molar-refractivity contribution in [3.63, 3.8) is 0 Å². The highest BCUT2D eigenvalue weighted by atomic mass is 32.1. The van der Waals surface area contributed by atoms with Gasteiger partial charge in [-0.2, -0.15) is 0 Å². The topological polar surface area (TPSA) is 25.8 Å². The first-order chi connectivity index (χ1) is 10.9. The standard InChI is InChI=1S/C18H10N2S2/c1-3-15-14(17-11(1)5-6-21-17)4-2-12-7-16(22-18(12)15)13-8-19-10-20-9-13/h1-10H. The van der Waals surface area contributed by atoms with Crippen molar-refractivity contribution >= 4 is 53.6 Å². The number of hydrogen-bond acceptors (Lipinski definition) is 4. The molecule has 3 aromatic heterocycles. The van der Waals surface area contributed by atoms with Crippen molar-refractivity contribution < 1.29 is 0 Å². The van der Waals surface area contributed by atoms with Crippen LogP contribution in [0.25, 0.3) is 41.4 Å². The molecule has 0 aliphatic heterocycles. The summed E-state index contributed by atoms with van der Waals surface area (Å²) < 4.78 is 2.71. The molecular formula is C18H10N2S2. The summed E-state index contributed by atoms with van der Waals surface area (Å²) in [5.74, 6) is 0.